The van der Waals surface area contributed by atoms with Crippen LogP contribution in [0.25, 0.3) is 11.3 Å². The number of amides is 1. The van der Waals surface area contributed by atoms with E-state index in [2.05, 4.69) is 15.4 Å². The molecule has 2 aromatic heterocycles. The van der Waals surface area contributed by atoms with Gasteiger partial charge in [-0.25, -0.2) is 4.39 Å². The fourth-order valence-electron chi connectivity index (χ4n) is 3.64. The fourth-order valence-corrected chi connectivity index (χ4v) is 3.64. The van der Waals surface area contributed by atoms with Gasteiger partial charge in [0.1, 0.15) is 11.5 Å². The maximum atomic E-state index is 13.9. The third kappa shape index (κ3) is 4.30. The normalized spacial score (nSPS) is 15.9. The van der Waals surface area contributed by atoms with Crippen LogP contribution in [0.1, 0.15) is 59.5 Å². The number of pyridine rings is 1. The third-order valence-electron chi connectivity index (χ3n) is 5.30. The summed E-state index contributed by atoms with van der Waals surface area (Å²) in [4.78, 5) is 16.1. The molecule has 9 heteroatoms. The second kappa shape index (κ2) is 7.79. The Hall–Kier alpha value is -3.23. The summed E-state index contributed by atoms with van der Waals surface area (Å²) in [6.45, 7) is 4.34. The number of benzene rings is 1. The van der Waals surface area contributed by atoms with Crippen molar-refractivity contribution < 1.29 is 22.4 Å². The lowest BCUT2D eigenvalue weighted by molar-refractivity contribution is -0.141. The molecule has 0 radical (unpaired) electrons. The van der Waals surface area contributed by atoms with Crippen molar-refractivity contribution >= 4 is 5.91 Å². The number of aryl methyl sites for hydroxylation is 1. The van der Waals surface area contributed by atoms with Gasteiger partial charge in [-0.2, -0.15) is 18.3 Å². The number of carbonyl (C=O) groups is 1. The molecule has 0 fully saturated rings. The van der Waals surface area contributed by atoms with E-state index in [9.17, 15) is 22.4 Å². The third-order valence-corrected chi connectivity index (χ3v) is 5.30. The van der Waals surface area contributed by atoms with E-state index in [1.165, 1.54) is 18.2 Å². The van der Waals surface area contributed by atoms with E-state index in [0.29, 0.717) is 29.9 Å². The summed E-state index contributed by atoms with van der Waals surface area (Å²) in [6, 6.07) is 7.96. The summed E-state index contributed by atoms with van der Waals surface area (Å²) in [7, 11) is 0. The maximum absolute atomic E-state index is 13.9. The van der Waals surface area contributed by atoms with Crippen LogP contribution in [0.5, 0.6) is 0 Å². The minimum atomic E-state index is -4.55. The highest BCUT2D eigenvalue weighted by atomic mass is 19.4. The zero-order valence-electron chi connectivity index (χ0n) is 16.9. The molecule has 162 valence electrons. The average Bonchev–Trinajstić information content (AvgIpc) is 3.29. The van der Waals surface area contributed by atoms with Gasteiger partial charge in [-0.3, -0.25) is 14.5 Å². The molecule has 3 aromatic rings. The number of nitrogens with zero attached hydrogens (tertiary/aromatic N) is 3. The number of halogens is 4. The van der Waals surface area contributed by atoms with Gasteiger partial charge in [0.15, 0.2) is 0 Å². The molecule has 31 heavy (non-hydrogen) atoms. The van der Waals surface area contributed by atoms with Gasteiger partial charge in [0.05, 0.1) is 17.4 Å². The van der Waals surface area contributed by atoms with Crippen molar-refractivity contribution in [3.63, 3.8) is 0 Å². The average molecular weight is 432 g/mol. The molecule has 1 unspecified atom stereocenters. The van der Waals surface area contributed by atoms with Gasteiger partial charge in [-0.15, -0.1) is 0 Å². The SMILES string of the molecule is CC(C)c1cc(F)cc(C(=O)NC2CCn3nc(-c4ccnc(C(F)(F)F)c4)cc32)c1. The molecule has 5 nitrogen and oxygen atoms in total. The lowest BCUT2D eigenvalue weighted by atomic mass is 10.00. The largest absolute Gasteiger partial charge is 0.433 e. The van der Waals surface area contributed by atoms with Crippen molar-refractivity contribution in [3.8, 4) is 11.3 Å². The molecular formula is C22H20F4N4O. The molecule has 1 N–H and O–H groups in total. The second-order valence-corrected chi connectivity index (χ2v) is 7.85. The predicted molar refractivity (Wildman–Crippen MR) is 106 cm³/mol. The first-order valence-electron chi connectivity index (χ1n) is 9.84. The van der Waals surface area contributed by atoms with E-state index in [4.69, 9.17) is 0 Å². The van der Waals surface area contributed by atoms with Crippen molar-refractivity contribution in [3.05, 3.63) is 70.9 Å². The minimum Gasteiger partial charge on any atom is -0.344 e. The van der Waals surface area contributed by atoms with Gasteiger partial charge in [-0.05, 0) is 54.3 Å². The minimum absolute atomic E-state index is 0.0691. The van der Waals surface area contributed by atoms with E-state index in [-0.39, 0.29) is 17.5 Å². The molecule has 1 amide bonds. The monoisotopic (exact) mass is 432 g/mol. The van der Waals surface area contributed by atoms with Crippen molar-refractivity contribution in [1.82, 2.24) is 20.1 Å². The Morgan fingerprint density at radius 3 is 2.68 bits per heavy atom. The van der Waals surface area contributed by atoms with Gasteiger partial charge in [0.25, 0.3) is 5.91 Å². The lowest BCUT2D eigenvalue weighted by Gasteiger charge is -2.14. The Kier molecular flexibility index (Phi) is 5.28. The number of alkyl halides is 3. The Morgan fingerprint density at radius 2 is 1.97 bits per heavy atom. The van der Waals surface area contributed by atoms with Crippen molar-refractivity contribution in [2.75, 3.05) is 0 Å². The highest BCUT2D eigenvalue weighted by Crippen LogP contribution is 2.33. The first kappa shape index (κ1) is 21.0. The molecule has 1 aromatic carbocycles. The summed E-state index contributed by atoms with van der Waals surface area (Å²) < 4.78 is 54.5. The summed E-state index contributed by atoms with van der Waals surface area (Å²) in [5, 5.41) is 7.26. The van der Waals surface area contributed by atoms with Crippen LogP contribution in [0, 0.1) is 5.82 Å². The van der Waals surface area contributed by atoms with Crippen LogP contribution in [0.4, 0.5) is 17.6 Å². The number of aromatic nitrogens is 3. The Morgan fingerprint density at radius 1 is 1.19 bits per heavy atom. The second-order valence-electron chi connectivity index (χ2n) is 7.85. The van der Waals surface area contributed by atoms with Crippen LogP contribution in [0.2, 0.25) is 0 Å². The van der Waals surface area contributed by atoms with Gasteiger partial charge in [0, 0.05) is 23.9 Å². The van der Waals surface area contributed by atoms with Gasteiger partial charge >= 0.3 is 6.18 Å². The van der Waals surface area contributed by atoms with E-state index in [1.54, 1.807) is 16.8 Å². The standard InChI is InChI=1S/C22H20F4N4O/c1-12(2)14-7-15(9-16(23)8-14)21(31)28-17-4-6-30-19(17)11-18(29-30)13-3-5-27-20(10-13)22(24,25)26/h3,5,7-12,17H,4,6H2,1-2H3,(H,28,31). The topological polar surface area (TPSA) is 59.8 Å². The highest BCUT2D eigenvalue weighted by molar-refractivity contribution is 5.94. The molecule has 0 saturated heterocycles. The van der Waals surface area contributed by atoms with Gasteiger partial charge in [0.2, 0.25) is 0 Å². The van der Waals surface area contributed by atoms with Crippen LogP contribution in [0.3, 0.4) is 0 Å². The quantitative estimate of drug-likeness (QED) is 0.584. The van der Waals surface area contributed by atoms with Gasteiger partial charge in [-0.1, -0.05) is 13.8 Å². The Balaban J connectivity index is 1.57. The maximum Gasteiger partial charge on any atom is 0.433 e. The summed E-state index contributed by atoms with van der Waals surface area (Å²) in [5.74, 6) is -0.821. The smallest absolute Gasteiger partial charge is 0.344 e. The highest BCUT2D eigenvalue weighted by Gasteiger charge is 2.33. The lowest BCUT2D eigenvalue weighted by Crippen LogP contribution is -2.27. The zero-order valence-corrected chi connectivity index (χ0v) is 16.9. The molecule has 3 heterocycles. The van der Waals surface area contributed by atoms with Crippen LogP contribution in [0.15, 0.2) is 42.6 Å². The fraction of sp³-hybridized carbons (Fsp3) is 0.318. The molecular weight excluding hydrogens is 412 g/mol. The van der Waals surface area contributed by atoms with Crippen LogP contribution < -0.4 is 5.32 Å². The summed E-state index contributed by atoms with van der Waals surface area (Å²) in [5.41, 5.74) is 1.31. The summed E-state index contributed by atoms with van der Waals surface area (Å²) in [6.07, 6.45) is -2.86. The van der Waals surface area contributed by atoms with Crippen LogP contribution in [-0.4, -0.2) is 20.7 Å². The molecule has 1 aliphatic heterocycles. The van der Waals surface area contributed by atoms with Crippen molar-refractivity contribution in [1.29, 1.82) is 0 Å². The predicted octanol–water partition coefficient (Wildman–Crippen LogP) is 5.10. The number of nitrogens with one attached hydrogen (secondary N) is 1. The van der Waals surface area contributed by atoms with E-state index in [1.807, 2.05) is 13.8 Å². The molecule has 1 aliphatic rings. The van der Waals surface area contributed by atoms with Crippen molar-refractivity contribution in [2.24, 2.45) is 0 Å². The number of fused-ring (bicyclic) bond motifs is 1. The van der Waals surface area contributed by atoms with E-state index in [0.717, 1.165) is 17.8 Å². The van der Waals surface area contributed by atoms with E-state index < -0.39 is 23.6 Å². The molecule has 0 aliphatic carbocycles. The first-order chi connectivity index (χ1) is 14.6. The molecule has 0 spiro atoms. The number of hydrogen-bond acceptors (Lipinski definition) is 3. The number of hydrogen-bond donors (Lipinski definition) is 1. The Bertz CT molecular complexity index is 1140. The first-order valence-corrected chi connectivity index (χ1v) is 9.84. The Labute approximate surface area is 176 Å². The molecule has 4 rings (SSSR count). The molecule has 0 bridgehead atoms. The number of carbonyl (C=O) groups excluding carboxylic acids is 1. The zero-order chi connectivity index (χ0) is 22.3. The van der Waals surface area contributed by atoms with Crippen LogP contribution >= 0.6 is 0 Å². The molecule has 1 atom stereocenters. The van der Waals surface area contributed by atoms with E-state index >= 15 is 0 Å². The number of rotatable bonds is 4. The molecule has 0 saturated carbocycles. The summed E-state index contributed by atoms with van der Waals surface area (Å²) >= 11 is 0. The van der Waals surface area contributed by atoms with Gasteiger partial charge < -0.3 is 5.32 Å². The van der Waals surface area contributed by atoms with Crippen molar-refractivity contribution in [2.45, 2.75) is 44.9 Å². The van der Waals surface area contributed by atoms with Crippen LogP contribution in [-0.2, 0) is 12.7 Å².